The van der Waals surface area contributed by atoms with Crippen LogP contribution in [-0.2, 0) is 6.42 Å². The minimum atomic E-state index is -0.320. The molecule has 0 spiro atoms. The number of ether oxygens (including phenoxy) is 1. The fourth-order valence-corrected chi connectivity index (χ4v) is 3.21. The van der Waals surface area contributed by atoms with Gasteiger partial charge in [0, 0.05) is 19.2 Å². The molecule has 1 unspecified atom stereocenters. The highest BCUT2D eigenvalue weighted by atomic mass is 19.1. The van der Waals surface area contributed by atoms with Gasteiger partial charge in [-0.05, 0) is 70.1 Å². The van der Waals surface area contributed by atoms with E-state index in [0.717, 1.165) is 36.4 Å². The molecule has 1 heterocycles. The first kappa shape index (κ1) is 21.1. The molecule has 1 saturated carbocycles. The number of aliphatic imine (C=N–C) groups is 1. The van der Waals surface area contributed by atoms with E-state index in [1.165, 1.54) is 24.5 Å². The van der Waals surface area contributed by atoms with Crippen LogP contribution in [0.25, 0.3) is 0 Å². The predicted octanol–water partition coefficient (Wildman–Crippen LogP) is 4.08. The van der Waals surface area contributed by atoms with Crippen LogP contribution in [0.5, 0.6) is 5.75 Å². The number of halogens is 1. The quantitative estimate of drug-likeness (QED) is 0.376. The van der Waals surface area contributed by atoms with E-state index in [1.54, 1.807) is 13.1 Å². The van der Waals surface area contributed by atoms with Crippen LogP contribution in [0.2, 0.25) is 0 Å². The first-order chi connectivity index (χ1) is 14.0. The fourth-order valence-electron chi connectivity index (χ4n) is 3.21. The zero-order valence-electron chi connectivity index (χ0n) is 17.7. The number of nitrogens with zero attached hydrogens (tertiary/aromatic N) is 2. The Kier molecular flexibility index (Phi) is 7.12. The molecule has 0 saturated heterocycles. The van der Waals surface area contributed by atoms with Gasteiger partial charge in [0.1, 0.15) is 5.76 Å². The van der Waals surface area contributed by atoms with E-state index < -0.39 is 0 Å². The van der Waals surface area contributed by atoms with E-state index in [2.05, 4.69) is 20.8 Å². The van der Waals surface area contributed by atoms with Gasteiger partial charge in [-0.1, -0.05) is 11.2 Å². The van der Waals surface area contributed by atoms with Crippen molar-refractivity contribution in [3.8, 4) is 5.75 Å². The van der Waals surface area contributed by atoms with Crippen molar-refractivity contribution >= 4 is 5.96 Å². The molecule has 1 aliphatic carbocycles. The Morgan fingerprint density at radius 3 is 2.79 bits per heavy atom. The molecular formula is C22H31FN4O2. The van der Waals surface area contributed by atoms with Crippen molar-refractivity contribution in [1.82, 2.24) is 15.8 Å². The first-order valence-electron chi connectivity index (χ1n) is 10.3. The Bertz CT molecular complexity index is 826. The third-order valence-electron chi connectivity index (χ3n) is 5.28. The van der Waals surface area contributed by atoms with Crippen molar-refractivity contribution in [3.63, 3.8) is 0 Å². The average Bonchev–Trinajstić information content (AvgIpc) is 3.48. The summed E-state index contributed by atoms with van der Waals surface area (Å²) >= 11 is 0. The lowest BCUT2D eigenvalue weighted by Gasteiger charge is -2.19. The second-order valence-electron chi connectivity index (χ2n) is 7.72. The molecule has 158 valence electrons. The maximum atomic E-state index is 14.3. The number of nitrogens with one attached hydrogen (secondary N) is 2. The molecule has 2 aromatic rings. The maximum Gasteiger partial charge on any atom is 0.191 e. The predicted molar refractivity (Wildman–Crippen MR) is 112 cm³/mol. The summed E-state index contributed by atoms with van der Waals surface area (Å²) in [5.41, 5.74) is 2.97. The van der Waals surface area contributed by atoms with Gasteiger partial charge in [0.25, 0.3) is 0 Å². The van der Waals surface area contributed by atoms with Crippen molar-refractivity contribution in [2.75, 3.05) is 20.2 Å². The summed E-state index contributed by atoms with van der Waals surface area (Å²) < 4.78 is 25.1. The summed E-state index contributed by atoms with van der Waals surface area (Å²) in [6, 6.07) is 5.05. The van der Waals surface area contributed by atoms with Crippen molar-refractivity contribution in [1.29, 1.82) is 0 Å². The number of guanidine groups is 1. The minimum Gasteiger partial charge on any atom is -0.490 e. The lowest BCUT2D eigenvalue weighted by Crippen LogP contribution is -2.39. The second-order valence-corrected chi connectivity index (χ2v) is 7.72. The van der Waals surface area contributed by atoms with Gasteiger partial charge in [-0.3, -0.25) is 4.99 Å². The lowest BCUT2D eigenvalue weighted by atomic mass is 10.1. The van der Waals surface area contributed by atoms with Gasteiger partial charge < -0.3 is 19.9 Å². The zero-order chi connectivity index (χ0) is 20.8. The van der Waals surface area contributed by atoms with Gasteiger partial charge in [-0.25, -0.2) is 4.39 Å². The maximum absolute atomic E-state index is 14.3. The fraction of sp³-hybridized carbons (Fsp3) is 0.545. The highest BCUT2D eigenvalue weighted by molar-refractivity contribution is 5.80. The normalized spacial score (nSPS) is 15.3. The highest BCUT2D eigenvalue weighted by Gasteiger charge is 2.22. The molecule has 0 bridgehead atoms. The van der Waals surface area contributed by atoms with Crippen molar-refractivity contribution in [2.45, 2.75) is 52.5 Å². The van der Waals surface area contributed by atoms with Crippen LogP contribution in [0.1, 0.15) is 54.8 Å². The summed E-state index contributed by atoms with van der Waals surface area (Å²) in [5.74, 6) is 2.17. The molecule has 0 radical (unpaired) electrons. The molecule has 6 nitrogen and oxygen atoms in total. The molecule has 0 aliphatic heterocycles. The molecule has 7 heteroatoms. The van der Waals surface area contributed by atoms with Crippen LogP contribution in [-0.4, -0.2) is 31.3 Å². The molecule has 1 aromatic carbocycles. The van der Waals surface area contributed by atoms with Crippen molar-refractivity contribution < 1.29 is 13.7 Å². The Morgan fingerprint density at radius 2 is 2.17 bits per heavy atom. The molecule has 1 aromatic heterocycles. The Labute approximate surface area is 171 Å². The van der Waals surface area contributed by atoms with E-state index in [9.17, 15) is 4.39 Å². The van der Waals surface area contributed by atoms with Gasteiger partial charge >= 0.3 is 0 Å². The van der Waals surface area contributed by atoms with Crippen molar-refractivity contribution in [3.05, 3.63) is 46.6 Å². The van der Waals surface area contributed by atoms with E-state index in [1.807, 2.05) is 26.8 Å². The standard InChI is InChI=1S/C22H31FN4O2/c1-14(18-9-10-21(20(23)12-18)28-13-17-7-8-17)26-22(24-4)25-11-5-6-19-15(2)27-29-16(19)3/h9-10,12,14,17H,5-8,11,13H2,1-4H3,(H2,24,25,26). The van der Waals surface area contributed by atoms with E-state index >= 15 is 0 Å². The monoisotopic (exact) mass is 402 g/mol. The number of aryl methyl sites for hydroxylation is 2. The van der Waals surface area contributed by atoms with E-state index in [-0.39, 0.29) is 11.9 Å². The van der Waals surface area contributed by atoms with Crippen LogP contribution >= 0.6 is 0 Å². The van der Waals surface area contributed by atoms with Gasteiger partial charge in [0.05, 0.1) is 18.3 Å². The molecule has 0 amide bonds. The summed E-state index contributed by atoms with van der Waals surface area (Å²) in [5, 5.41) is 10.6. The van der Waals surface area contributed by atoms with Crippen molar-refractivity contribution in [2.24, 2.45) is 10.9 Å². The largest absolute Gasteiger partial charge is 0.490 e. The van der Waals surface area contributed by atoms with Crippen LogP contribution < -0.4 is 15.4 Å². The third-order valence-corrected chi connectivity index (χ3v) is 5.28. The third kappa shape index (κ3) is 5.95. The number of aromatic nitrogens is 1. The second kappa shape index (κ2) is 9.76. The molecule has 2 N–H and O–H groups in total. The van der Waals surface area contributed by atoms with Crippen LogP contribution in [0, 0.1) is 25.6 Å². The molecule has 1 atom stereocenters. The lowest BCUT2D eigenvalue weighted by molar-refractivity contribution is 0.285. The van der Waals surface area contributed by atoms with Crippen LogP contribution in [0.15, 0.2) is 27.7 Å². The average molecular weight is 403 g/mol. The molecule has 1 aliphatic rings. The number of hydrogen-bond acceptors (Lipinski definition) is 4. The Balaban J connectivity index is 1.46. The zero-order valence-corrected chi connectivity index (χ0v) is 17.7. The van der Waals surface area contributed by atoms with E-state index in [4.69, 9.17) is 9.26 Å². The Morgan fingerprint density at radius 1 is 1.38 bits per heavy atom. The number of rotatable bonds is 9. The molecular weight excluding hydrogens is 371 g/mol. The first-order valence-corrected chi connectivity index (χ1v) is 10.3. The molecule has 29 heavy (non-hydrogen) atoms. The van der Waals surface area contributed by atoms with Crippen LogP contribution in [0.3, 0.4) is 0 Å². The Hall–Kier alpha value is -2.57. The smallest absolute Gasteiger partial charge is 0.191 e. The summed E-state index contributed by atoms with van der Waals surface area (Å²) in [6.45, 7) is 7.25. The topological polar surface area (TPSA) is 71.7 Å². The molecule has 3 rings (SSSR count). The highest BCUT2D eigenvalue weighted by Crippen LogP contribution is 2.30. The van der Waals surface area contributed by atoms with Gasteiger partial charge in [-0.2, -0.15) is 0 Å². The van der Waals surface area contributed by atoms with Gasteiger partial charge in [-0.15, -0.1) is 0 Å². The van der Waals surface area contributed by atoms with Gasteiger partial charge in [0.2, 0.25) is 0 Å². The summed E-state index contributed by atoms with van der Waals surface area (Å²) in [4.78, 5) is 4.26. The van der Waals surface area contributed by atoms with Crippen LogP contribution in [0.4, 0.5) is 4.39 Å². The van der Waals surface area contributed by atoms with E-state index in [0.29, 0.717) is 24.2 Å². The number of hydrogen-bond donors (Lipinski definition) is 2. The summed E-state index contributed by atoms with van der Waals surface area (Å²) in [6.07, 6.45) is 4.20. The molecule has 1 fully saturated rings. The summed E-state index contributed by atoms with van der Waals surface area (Å²) in [7, 11) is 1.73. The number of benzene rings is 1. The minimum absolute atomic E-state index is 0.0873. The SMILES string of the molecule is CN=C(NCCCc1c(C)noc1C)NC(C)c1ccc(OCC2CC2)c(F)c1. The van der Waals surface area contributed by atoms with Gasteiger partial charge in [0.15, 0.2) is 17.5 Å².